The van der Waals surface area contributed by atoms with E-state index in [1.807, 2.05) is 30.3 Å². The molecule has 0 atom stereocenters. The van der Waals surface area contributed by atoms with Crippen molar-refractivity contribution in [2.45, 2.75) is 17.7 Å². The van der Waals surface area contributed by atoms with Crippen LogP contribution in [0.15, 0.2) is 53.4 Å². The molecule has 0 amide bonds. The summed E-state index contributed by atoms with van der Waals surface area (Å²) in [5, 5.41) is 0.166. The molecule has 0 unspecified atom stereocenters. The Morgan fingerprint density at radius 2 is 1.81 bits per heavy atom. The number of nitrogens with one attached hydrogen (secondary N) is 1. The van der Waals surface area contributed by atoms with Crippen molar-refractivity contribution in [2.24, 2.45) is 0 Å². The Hall–Kier alpha value is -1.56. The Bertz CT molecular complexity index is 703. The lowest BCUT2D eigenvalue weighted by atomic mass is 10.1. The maximum Gasteiger partial charge on any atom is 0.242 e. The molecule has 0 aliphatic carbocycles. The van der Waals surface area contributed by atoms with Gasteiger partial charge in [-0.25, -0.2) is 13.1 Å². The maximum absolute atomic E-state index is 12.2. The van der Waals surface area contributed by atoms with Gasteiger partial charge in [0.1, 0.15) is 4.90 Å². The minimum atomic E-state index is -3.63. The molecule has 0 heterocycles. The number of nitrogens with two attached hydrogens (primary N) is 1. The van der Waals surface area contributed by atoms with Gasteiger partial charge in [0.2, 0.25) is 10.0 Å². The van der Waals surface area contributed by atoms with Crippen LogP contribution in [0.1, 0.15) is 12.0 Å². The molecule has 0 saturated heterocycles. The van der Waals surface area contributed by atoms with Crippen molar-refractivity contribution in [3.63, 3.8) is 0 Å². The zero-order valence-electron chi connectivity index (χ0n) is 11.4. The number of anilines is 1. The van der Waals surface area contributed by atoms with Crippen LogP contribution in [0, 0.1) is 0 Å². The zero-order valence-corrected chi connectivity index (χ0v) is 13.0. The number of aryl methyl sites for hydroxylation is 1. The van der Waals surface area contributed by atoms with Crippen LogP contribution >= 0.6 is 11.6 Å². The predicted molar refractivity (Wildman–Crippen MR) is 85.8 cm³/mol. The molecule has 3 N–H and O–H groups in total. The molecule has 4 nitrogen and oxygen atoms in total. The van der Waals surface area contributed by atoms with Gasteiger partial charge < -0.3 is 5.73 Å². The second-order valence-corrected chi connectivity index (χ2v) is 6.82. The van der Waals surface area contributed by atoms with Crippen molar-refractivity contribution in [3.05, 3.63) is 59.1 Å². The van der Waals surface area contributed by atoms with Gasteiger partial charge in [0.25, 0.3) is 0 Å². The molecule has 112 valence electrons. The van der Waals surface area contributed by atoms with Crippen LogP contribution in [-0.2, 0) is 16.4 Å². The highest BCUT2D eigenvalue weighted by atomic mass is 35.5. The first-order valence-corrected chi connectivity index (χ1v) is 8.44. The summed E-state index contributed by atoms with van der Waals surface area (Å²) in [5.74, 6) is 0. The minimum absolute atomic E-state index is 0.0175. The molecule has 0 fully saturated rings. The number of halogens is 1. The molecular weight excluding hydrogens is 308 g/mol. The van der Waals surface area contributed by atoms with Gasteiger partial charge in [0.05, 0.1) is 5.02 Å². The van der Waals surface area contributed by atoms with E-state index < -0.39 is 10.0 Å². The van der Waals surface area contributed by atoms with Crippen molar-refractivity contribution in [1.82, 2.24) is 4.72 Å². The number of hydrogen-bond donors (Lipinski definition) is 2. The molecule has 0 bridgehead atoms. The molecule has 0 radical (unpaired) electrons. The standard InChI is InChI=1S/C15H17ClN2O2S/c16-14-9-8-13(17)11-15(14)21(19,20)18-10-4-7-12-5-2-1-3-6-12/h1-3,5-6,8-9,11,18H,4,7,10,17H2. The van der Waals surface area contributed by atoms with E-state index in [1.165, 1.54) is 17.7 Å². The molecule has 0 spiro atoms. The SMILES string of the molecule is Nc1ccc(Cl)c(S(=O)(=O)NCCCc2ccccc2)c1. The third-order valence-corrected chi connectivity index (χ3v) is 4.96. The van der Waals surface area contributed by atoms with E-state index in [9.17, 15) is 8.42 Å². The van der Waals surface area contributed by atoms with Crippen LogP contribution in [0.5, 0.6) is 0 Å². The topological polar surface area (TPSA) is 72.2 Å². The summed E-state index contributed by atoms with van der Waals surface area (Å²) in [7, 11) is -3.63. The predicted octanol–water partition coefficient (Wildman–Crippen LogP) is 2.83. The Morgan fingerprint density at radius 1 is 1.10 bits per heavy atom. The maximum atomic E-state index is 12.2. The highest BCUT2D eigenvalue weighted by Gasteiger charge is 2.17. The van der Waals surface area contributed by atoms with Crippen LogP contribution in [0.3, 0.4) is 0 Å². The smallest absolute Gasteiger partial charge is 0.242 e. The first-order valence-electron chi connectivity index (χ1n) is 6.58. The summed E-state index contributed by atoms with van der Waals surface area (Å²) in [4.78, 5) is 0.0175. The molecule has 2 aromatic carbocycles. The molecule has 21 heavy (non-hydrogen) atoms. The average Bonchev–Trinajstić information content (AvgIpc) is 2.47. The molecule has 0 saturated carbocycles. The number of hydrogen-bond acceptors (Lipinski definition) is 3. The van der Waals surface area contributed by atoms with E-state index in [0.29, 0.717) is 18.7 Å². The third kappa shape index (κ3) is 4.46. The number of benzene rings is 2. The van der Waals surface area contributed by atoms with Gasteiger partial charge >= 0.3 is 0 Å². The second-order valence-electron chi connectivity index (χ2n) is 4.68. The second kappa shape index (κ2) is 6.93. The van der Waals surface area contributed by atoms with Crippen LogP contribution in [-0.4, -0.2) is 15.0 Å². The summed E-state index contributed by atoms with van der Waals surface area (Å²) < 4.78 is 26.9. The Balaban J connectivity index is 1.94. The van der Waals surface area contributed by atoms with E-state index in [1.54, 1.807) is 6.07 Å². The lowest BCUT2D eigenvalue weighted by Crippen LogP contribution is -2.25. The van der Waals surface area contributed by atoms with Crippen molar-refractivity contribution in [2.75, 3.05) is 12.3 Å². The summed E-state index contributed by atoms with van der Waals surface area (Å²) in [6, 6.07) is 14.3. The van der Waals surface area contributed by atoms with Gasteiger partial charge in [-0.1, -0.05) is 41.9 Å². The Labute approximate surface area is 130 Å². The largest absolute Gasteiger partial charge is 0.399 e. The van der Waals surface area contributed by atoms with Crippen molar-refractivity contribution in [3.8, 4) is 0 Å². The lowest BCUT2D eigenvalue weighted by molar-refractivity contribution is 0.579. The van der Waals surface area contributed by atoms with Crippen LogP contribution in [0.25, 0.3) is 0 Å². The molecule has 2 aromatic rings. The van der Waals surface area contributed by atoms with Crippen molar-refractivity contribution in [1.29, 1.82) is 0 Å². The fraction of sp³-hybridized carbons (Fsp3) is 0.200. The summed E-state index contributed by atoms with van der Waals surface area (Å²) >= 11 is 5.91. The molecule has 0 aliphatic heterocycles. The van der Waals surface area contributed by atoms with Crippen LogP contribution < -0.4 is 10.5 Å². The van der Waals surface area contributed by atoms with Gasteiger partial charge in [-0.15, -0.1) is 0 Å². The lowest BCUT2D eigenvalue weighted by Gasteiger charge is -2.09. The normalized spacial score (nSPS) is 11.5. The van der Waals surface area contributed by atoms with Gasteiger partial charge in [0, 0.05) is 12.2 Å². The van der Waals surface area contributed by atoms with E-state index in [-0.39, 0.29) is 9.92 Å². The fourth-order valence-corrected chi connectivity index (χ4v) is 3.55. The molecule has 6 heteroatoms. The van der Waals surface area contributed by atoms with Crippen molar-refractivity contribution >= 4 is 27.3 Å². The van der Waals surface area contributed by atoms with Crippen LogP contribution in [0.2, 0.25) is 5.02 Å². The Morgan fingerprint density at radius 3 is 2.52 bits per heavy atom. The molecule has 0 aliphatic rings. The van der Waals surface area contributed by atoms with Gasteiger partial charge in [-0.2, -0.15) is 0 Å². The minimum Gasteiger partial charge on any atom is -0.399 e. The first-order chi connectivity index (χ1) is 9.99. The van der Waals surface area contributed by atoms with Crippen molar-refractivity contribution < 1.29 is 8.42 Å². The third-order valence-electron chi connectivity index (χ3n) is 3.02. The van der Waals surface area contributed by atoms with Crippen LogP contribution in [0.4, 0.5) is 5.69 Å². The van der Waals surface area contributed by atoms with Gasteiger partial charge in [-0.3, -0.25) is 0 Å². The van der Waals surface area contributed by atoms with E-state index in [2.05, 4.69) is 4.72 Å². The van der Waals surface area contributed by atoms with Gasteiger partial charge in [-0.05, 0) is 36.6 Å². The summed E-state index contributed by atoms with van der Waals surface area (Å²) in [5.41, 5.74) is 7.15. The van der Waals surface area contributed by atoms with E-state index >= 15 is 0 Å². The fourth-order valence-electron chi connectivity index (χ4n) is 1.95. The number of rotatable bonds is 6. The molecular formula is C15H17ClN2O2S. The molecule has 0 aromatic heterocycles. The summed E-state index contributed by atoms with van der Waals surface area (Å²) in [6.45, 7) is 0.350. The quantitative estimate of drug-likeness (QED) is 0.634. The van der Waals surface area contributed by atoms with Gasteiger partial charge in [0.15, 0.2) is 0 Å². The molecule has 2 rings (SSSR count). The summed E-state index contributed by atoms with van der Waals surface area (Å²) in [6.07, 6.45) is 1.52. The highest BCUT2D eigenvalue weighted by Crippen LogP contribution is 2.23. The first kappa shape index (κ1) is 15.8. The van der Waals surface area contributed by atoms with E-state index in [4.69, 9.17) is 17.3 Å². The average molecular weight is 325 g/mol. The number of sulfonamides is 1. The number of nitrogen functional groups attached to an aromatic ring is 1. The highest BCUT2D eigenvalue weighted by molar-refractivity contribution is 7.89. The van der Waals surface area contributed by atoms with E-state index in [0.717, 1.165) is 6.42 Å². The Kier molecular flexibility index (Phi) is 5.22. The monoisotopic (exact) mass is 324 g/mol. The zero-order chi connectivity index (χ0) is 15.3.